The highest BCUT2D eigenvalue weighted by Crippen LogP contribution is 2.18. The Bertz CT molecular complexity index is 1480. The second-order valence-electron chi connectivity index (χ2n) is 23.8. The maximum Gasteiger partial charge on any atom is 0.361 e. The first-order valence-corrected chi connectivity index (χ1v) is 33.5. The molecule has 0 aliphatic rings. The van der Waals surface area contributed by atoms with Gasteiger partial charge < -0.3 is 28.5 Å². The largest absolute Gasteiger partial charge is 0.477 e. The number of allylic oxidation sites excluding steroid dienone is 10. The van der Waals surface area contributed by atoms with Crippen molar-refractivity contribution in [1.82, 2.24) is 0 Å². The molecule has 0 fully saturated rings. The first kappa shape index (κ1) is 76.0. The second-order valence-corrected chi connectivity index (χ2v) is 23.8. The Balaban J connectivity index is 4.12. The molecule has 0 bridgehead atoms. The maximum atomic E-state index is 12.9. The number of aliphatic carboxylic acids is 1. The third kappa shape index (κ3) is 62.4. The molecule has 9 nitrogen and oxygen atoms in total. The summed E-state index contributed by atoms with van der Waals surface area (Å²) in [7, 11) is 5.98. The Labute approximate surface area is 488 Å². The van der Waals surface area contributed by atoms with E-state index < -0.39 is 24.3 Å². The molecule has 0 aliphatic heterocycles. The van der Waals surface area contributed by atoms with Crippen LogP contribution in [0.3, 0.4) is 0 Å². The quantitative estimate of drug-likeness (QED) is 0.0211. The number of esters is 2. The number of nitrogens with zero attached hydrogens (tertiary/aromatic N) is 1. The number of ether oxygens (including phenoxy) is 4. The fourth-order valence-electron chi connectivity index (χ4n) is 9.69. The summed E-state index contributed by atoms with van der Waals surface area (Å²) in [6.45, 7) is 4.80. The molecule has 0 saturated heterocycles. The van der Waals surface area contributed by atoms with Gasteiger partial charge >= 0.3 is 17.9 Å². The minimum atomic E-state index is -1.51. The van der Waals surface area contributed by atoms with E-state index in [0.717, 1.165) is 77.0 Å². The predicted octanol–water partition coefficient (Wildman–Crippen LogP) is 20.4. The number of hydrogen-bond acceptors (Lipinski definition) is 7. The van der Waals surface area contributed by atoms with Crippen LogP contribution in [0.5, 0.6) is 0 Å². The van der Waals surface area contributed by atoms with E-state index in [0.29, 0.717) is 23.9 Å². The van der Waals surface area contributed by atoms with E-state index in [1.165, 1.54) is 199 Å². The summed E-state index contributed by atoms with van der Waals surface area (Å²) in [5.41, 5.74) is 0. The zero-order valence-corrected chi connectivity index (χ0v) is 52.5. The fourth-order valence-corrected chi connectivity index (χ4v) is 9.69. The van der Waals surface area contributed by atoms with Gasteiger partial charge in [-0.2, -0.15) is 0 Å². The molecule has 0 amide bonds. The van der Waals surface area contributed by atoms with Crippen LogP contribution in [0, 0.1) is 0 Å². The summed E-state index contributed by atoms with van der Waals surface area (Å²) in [6, 6.07) is 0. The number of likely N-dealkylation sites (N-methyl/N-ethyl adjacent to an activating group) is 1. The highest BCUT2D eigenvalue weighted by atomic mass is 16.7. The summed E-state index contributed by atoms with van der Waals surface area (Å²) >= 11 is 0. The summed E-state index contributed by atoms with van der Waals surface area (Å²) in [4.78, 5) is 37.6. The third-order valence-electron chi connectivity index (χ3n) is 14.8. The lowest BCUT2D eigenvalue weighted by atomic mass is 10.0. The van der Waals surface area contributed by atoms with Gasteiger partial charge in [-0.1, -0.05) is 299 Å². The third-order valence-corrected chi connectivity index (χ3v) is 14.8. The minimum absolute atomic E-state index is 0.183. The van der Waals surface area contributed by atoms with Crippen LogP contribution in [0.4, 0.5) is 0 Å². The van der Waals surface area contributed by atoms with Gasteiger partial charge in [0.1, 0.15) is 13.2 Å². The second kappa shape index (κ2) is 61.1. The molecule has 0 aromatic carbocycles. The van der Waals surface area contributed by atoms with Crippen LogP contribution in [0.25, 0.3) is 0 Å². The molecule has 2 unspecified atom stereocenters. The van der Waals surface area contributed by atoms with Gasteiger partial charge in [-0.15, -0.1) is 0 Å². The molecule has 9 heteroatoms. The number of carbonyl (C=O) groups is 3. The summed E-state index contributed by atoms with van der Waals surface area (Å²) in [5, 5.41) is 9.73. The Morgan fingerprint density at radius 3 is 1.08 bits per heavy atom. The average Bonchev–Trinajstić information content (AvgIpc) is 3.42. The Morgan fingerprint density at radius 1 is 0.392 bits per heavy atom. The van der Waals surface area contributed by atoms with Crippen LogP contribution in [0.15, 0.2) is 60.8 Å². The van der Waals surface area contributed by atoms with Crippen molar-refractivity contribution >= 4 is 17.9 Å². The Morgan fingerprint density at radius 2 is 0.722 bits per heavy atom. The van der Waals surface area contributed by atoms with Crippen molar-refractivity contribution in [3.63, 3.8) is 0 Å². The van der Waals surface area contributed by atoms with E-state index in [2.05, 4.69) is 74.6 Å². The van der Waals surface area contributed by atoms with E-state index in [4.69, 9.17) is 18.9 Å². The molecule has 79 heavy (non-hydrogen) atoms. The molecular weight excluding hydrogens is 983 g/mol. The van der Waals surface area contributed by atoms with Gasteiger partial charge in [0, 0.05) is 12.8 Å². The van der Waals surface area contributed by atoms with Gasteiger partial charge in [0.25, 0.3) is 6.29 Å². The molecule has 460 valence electrons. The smallest absolute Gasteiger partial charge is 0.361 e. The molecular formula is C70H128NO8+. The zero-order valence-electron chi connectivity index (χ0n) is 52.5. The van der Waals surface area contributed by atoms with Gasteiger partial charge in [0.2, 0.25) is 0 Å². The number of quaternary nitrogens is 1. The standard InChI is InChI=1S/C70H127NO8/c1-6-8-10-12-14-16-18-20-22-24-26-28-30-32-33-34-35-37-38-40-42-44-46-48-50-52-54-56-58-60-67(72)77-64-66(65-78-70(69(74)75)76-63-62-71(3,4)5)79-68(73)61-59-57-55-53-51-49-47-45-43-41-39-36-31-29-27-25-23-21-19-17-15-13-11-9-7-2/h9,11,15,17,21,23,27,29,36,39,66,70H,6-8,10,12-14,16,18-20,22,24-26,28,30-35,37-38,40-65H2,1-5H3/p+1/b11-9-,17-15-,23-21-,29-27-,39-36-. The summed E-state index contributed by atoms with van der Waals surface area (Å²) in [5.74, 6) is -2.00. The van der Waals surface area contributed by atoms with Crippen molar-refractivity contribution < 1.29 is 42.9 Å². The SMILES string of the molecule is CC/C=C\C/C=C\C/C=C\C/C=C\C/C=C\CCCCCCCCCCCC(=O)OC(COC(=O)CCCCCCCCCCCCCCCCCCCCCCCCCCCCCCC)COC(OCC[N+](C)(C)C)C(=O)O. The van der Waals surface area contributed by atoms with E-state index in [1.54, 1.807) is 0 Å². The molecule has 0 aromatic rings. The number of carbonyl (C=O) groups excluding carboxylic acids is 2. The summed E-state index contributed by atoms with van der Waals surface area (Å²) in [6.07, 6.45) is 76.1. The number of rotatable bonds is 62. The molecule has 0 heterocycles. The molecule has 0 saturated carbocycles. The number of carboxylic acids is 1. The molecule has 0 radical (unpaired) electrons. The Kier molecular flexibility index (Phi) is 58.7. The van der Waals surface area contributed by atoms with Crippen LogP contribution in [0.1, 0.15) is 309 Å². The number of unbranched alkanes of at least 4 members (excludes halogenated alkanes) is 37. The first-order chi connectivity index (χ1) is 38.6. The highest BCUT2D eigenvalue weighted by molar-refractivity contribution is 5.71. The normalized spacial score (nSPS) is 13.1. The molecule has 0 aromatic heterocycles. The minimum Gasteiger partial charge on any atom is -0.477 e. The van der Waals surface area contributed by atoms with Gasteiger partial charge in [0.15, 0.2) is 6.10 Å². The van der Waals surface area contributed by atoms with E-state index in [9.17, 15) is 19.5 Å². The van der Waals surface area contributed by atoms with E-state index >= 15 is 0 Å². The monoisotopic (exact) mass is 1110 g/mol. The van der Waals surface area contributed by atoms with Gasteiger partial charge in [-0.05, 0) is 57.8 Å². The van der Waals surface area contributed by atoms with Crippen molar-refractivity contribution in [3.05, 3.63) is 60.8 Å². The maximum absolute atomic E-state index is 12.9. The summed E-state index contributed by atoms with van der Waals surface area (Å²) < 4.78 is 23.0. The lowest BCUT2D eigenvalue weighted by molar-refractivity contribution is -0.870. The topological polar surface area (TPSA) is 108 Å². The van der Waals surface area contributed by atoms with Gasteiger partial charge in [-0.25, -0.2) is 4.79 Å². The first-order valence-electron chi connectivity index (χ1n) is 33.5. The highest BCUT2D eigenvalue weighted by Gasteiger charge is 2.25. The lowest BCUT2D eigenvalue weighted by Gasteiger charge is -2.25. The molecule has 2 atom stereocenters. The fraction of sp³-hybridized carbons (Fsp3) is 0.814. The van der Waals surface area contributed by atoms with Crippen molar-refractivity contribution in [2.75, 3.05) is 47.5 Å². The Hall–Kier alpha value is -3.01. The van der Waals surface area contributed by atoms with Crippen molar-refractivity contribution in [2.45, 2.75) is 322 Å². The predicted molar refractivity (Wildman–Crippen MR) is 336 cm³/mol. The molecule has 0 spiro atoms. The van der Waals surface area contributed by atoms with Crippen LogP contribution in [-0.4, -0.2) is 87.4 Å². The lowest BCUT2D eigenvalue weighted by Crippen LogP contribution is -2.40. The van der Waals surface area contributed by atoms with E-state index in [-0.39, 0.29) is 32.2 Å². The van der Waals surface area contributed by atoms with Crippen LogP contribution in [-0.2, 0) is 33.3 Å². The van der Waals surface area contributed by atoms with Crippen molar-refractivity contribution in [2.24, 2.45) is 0 Å². The average molecular weight is 1110 g/mol. The number of hydrogen-bond donors (Lipinski definition) is 1. The molecule has 1 N–H and O–H groups in total. The number of carboxylic acid groups (broad SMARTS) is 1. The zero-order chi connectivity index (χ0) is 57.6. The van der Waals surface area contributed by atoms with Gasteiger partial charge in [0.05, 0.1) is 34.4 Å². The molecule has 0 aliphatic carbocycles. The van der Waals surface area contributed by atoms with Crippen molar-refractivity contribution in [3.8, 4) is 0 Å². The van der Waals surface area contributed by atoms with E-state index in [1.807, 2.05) is 21.1 Å². The van der Waals surface area contributed by atoms with Gasteiger partial charge in [-0.3, -0.25) is 9.59 Å². The van der Waals surface area contributed by atoms with Crippen LogP contribution >= 0.6 is 0 Å². The van der Waals surface area contributed by atoms with Crippen LogP contribution in [0.2, 0.25) is 0 Å². The molecule has 0 rings (SSSR count). The van der Waals surface area contributed by atoms with Crippen LogP contribution < -0.4 is 0 Å². The van der Waals surface area contributed by atoms with Crippen molar-refractivity contribution in [1.29, 1.82) is 0 Å².